The van der Waals surface area contributed by atoms with Gasteiger partial charge in [-0.15, -0.1) is 0 Å². The second-order valence-electron chi connectivity index (χ2n) is 3.96. The molecule has 0 amide bonds. The van der Waals surface area contributed by atoms with Crippen LogP contribution in [-0.4, -0.2) is 21.7 Å². The van der Waals surface area contributed by atoms with Gasteiger partial charge in [0.25, 0.3) is 0 Å². The number of thiocarbonyl (C=S) groups is 1. The Morgan fingerprint density at radius 1 is 1.62 bits per heavy atom. The Bertz CT molecular complexity index is 167. The zero-order valence-electron chi connectivity index (χ0n) is 8.41. The van der Waals surface area contributed by atoms with E-state index in [0.717, 1.165) is 6.42 Å². The van der Waals surface area contributed by atoms with Crippen molar-refractivity contribution in [3.63, 3.8) is 0 Å². The Hall–Kier alpha value is 0.200. The SMILES string of the molecule is CC(C)CC(C)(O)CCOC(=S)S. The molecule has 0 bridgehead atoms. The molecule has 0 saturated carbocycles. The highest BCUT2D eigenvalue weighted by atomic mass is 32.1. The molecule has 0 radical (unpaired) electrons. The van der Waals surface area contributed by atoms with Crippen LogP contribution in [0.3, 0.4) is 0 Å². The molecule has 0 spiro atoms. The van der Waals surface area contributed by atoms with Crippen LogP contribution in [0.5, 0.6) is 0 Å². The summed E-state index contributed by atoms with van der Waals surface area (Å²) in [5.41, 5.74) is -0.660. The van der Waals surface area contributed by atoms with Crippen LogP contribution < -0.4 is 0 Å². The Morgan fingerprint density at radius 2 is 2.15 bits per heavy atom. The maximum absolute atomic E-state index is 9.85. The standard InChI is InChI=1S/C9H18O2S2/c1-7(2)6-9(3,10)4-5-11-8(12)13/h7,10H,4-6H2,1-3H3,(H,12,13). The van der Waals surface area contributed by atoms with E-state index in [9.17, 15) is 5.11 Å². The van der Waals surface area contributed by atoms with E-state index in [1.807, 2.05) is 6.92 Å². The van der Waals surface area contributed by atoms with Gasteiger partial charge in [-0.05, 0) is 31.5 Å². The fraction of sp³-hybridized carbons (Fsp3) is 0.889. The van der Waals surface area contributed by atoms with E-state index in [2.05, 4.69) is 38.7 Å². The third kappa shape index (κ3) is 8.53. The van der Waals surface area contributed by atoms with Crippen molar-refractivity contribution in [3.8, 4) is 0 Å². The molecule has 0 rings (SSSR count). The third-order valence-corrected chi connectivity index (χ3v) is 1.96. The molecule has 0 aliphatic carbocycles. The van der Waals surface area contributed by atoms with Gasteiger partial charge in [-0.2, -0.15) is 0 Å². The lowest BCUT2D eigenvalue weighted by Crippen LogP contribution is -2.28. The molecular weight excluding hydrogens is 204 g/mol. The molecule has 2 nitrogen and oxygen atoms in total. The lowest BCUT2D eigenvalue weighted by molar-refractivity contribution is 0.0174. The predicted molar refractivity (Wildman–Crippen MR) is 62.2 cm³/mol. The Morgan fingerprint density at radius 3 is 2.54 bits per heavy atom. The summed E-state index contributed by atoms with van der Waals surface area (Å²) in [6.07, 6.45) is 1.36. The largest absolute Gasteiger partial charge is 0.479 e. The zero-order chi connectivity index (χ0) is 10.5. The first kappa shape index (κ1) is 13.2. The van der Waals surface area contributed by atoms with E-state index < -0.39 is 5.60 Å². The molecule has 0 heterocycles. The molecule has 1 N–H and O–H groups in total. The lowest BCUT2D eigenvalue weighted by atomic mass is 9.92. The van der Waals surface area contributed by atoms with Crippen LogP contribution in [0.2, 0.25) is 0 Å². The summed E-state index contributed by atoms with van der Waals surface area (Å²) >= 11 is 8.46. The van der Waals surface area contributed by atoms with Gasteiger partial charge >= 0.3 is 0 Å². The van der Waals surface area contributed by atoms with Crippen molar-refractivity contribution in [2.24, 2.45) is 5.92 Å². The Kier molecular flexibility index (Phi) is 5.92. The Labute approximate surface area is 91.1 Å². The smallest absolute Gasteiger partial charge is 0.216 e. The van der Waals surface area contributed by atoms with Gasteiger partial charge in [0, 0.05) is 6.42 Å². The van der Waals surface area contributed by atoms with Gasteiger partial charge < -0.3 is 9.84 Å². The molecule has 78 valence electrons. The van der Waals surface area contributed by atoms with Crippen molar-refractivity contribution in [2.45, 2.75) is 39.2 Å². The van der Waals surface area contributed by atoms with E-state index in [4.69, 9.17) is 4.74 Å². The number of thiol groups is 1. The van der Waals surface area contributed by atoms with Crippen LogP contribution in [0, 0.1) is 5.92 Å². The van der Waals surface area contributed by atoms with Crippen LogP contribution in [0.1, 0.15) is 33.6 Å². The van der Waals surface area contributed by atoms with Crippen molar-refractivity contribution in [3.05, 3.63) is 0 Å². The number of aliphatic hydroxyl groups is 1. The summed E-state index contributed by atoms with van der Waals surface area (Å²) < 4.78 is 5.23. The van der Waals surface area contributed by atoms with Crippen LogP contribution >= 0.6 is 24.8 Å². The second kappa shape index (κ2) is 5.83. The van der Waals surface area contributed by atoms with Crippen molar-refractivity contribution in [1.82, 2.24) is 0 Å². The summed E-state index contributed by atoms with van der Waals surface area (Å²) in [7, 11) is 0. The number of hydrogen-bond acceptors (Lipinski definition) is 3. The summed E-state index contributed by atoms with van der Waals surface area (Å²) in [5.74, 6) is 0.484. The van der Waals surface area contributed by atoms with Gasteiger partial charge in [0.15, 0.2) is 0 Å². The van der Waals surface area contributed by atoms with Crippen LogP contribution in [0.4, 0.5) is 0 Å². The summed E-state index contributed by atoms with van der Waals surface area (Å²) in [4.78, 5) is 0. The van der Waals surface area contributed by atoms with Crippen LogP contribution in [0.25, 0.3) is 0 Å². The number of rotatable bonds is 5. The minimum absolute atomic E-state index is 0.236. The molecule has 0 aliphatic heterocycles. The van der Waals surface area contributed by atoms with Gasteiger partial charge in [0.2, 0.25) is 4.38 Å². The van der Waals surface area contributed by atoms with E-state index in [1.54, 1.807) is 0 Å². The molecule has 0 aromatic rings. The first-order valence-electron chi connectivity index (χ1n) is 4.41. The normalized spacial score (nSPS) is 15.5. The molecule has 0 aromatic heterocycles. The topological polar surface area (TPSA) is 29.5 Å². The first-order valence-corrected chi connectivity index (χ1v) is 5.27. The van der Waals surface area contributed by atoms with Crippen molar-refractivity contribution in [1.29, 1.82) is 0 Å². The third-order valence-electron chi connectivity index (χ3n) is 1.71. The van der Waals surface area contributed by atoms with Gasteiger partial charge in [-0.3, -0.25) is 0 Å². The Balaban J connectivity index is 3.68. The molecular formula is C9H18O2S2. The van der Waals surface area contributed by atoms with E-state index in [-0.39, 0.29) is 4.38 Å². The van der Waals surface area contributed by atoms with Gasteiger partial charge in [0.05, 0.1) is 12.2 Å². The predicted octanol–water partition coefficient (Wildman–Crippen LogP) is 2.40. The summed E-state index contributed by atoms with van der Waals surface area (Å²) in [6, 6.07) is 0. The molecule has 0 aromatic carbocycles. The van der Waals surface area contributed by atoms with Crippen molar-refractivity contribution >= 4 is 29.2 Å². The molecule has 0 fully saturated rings. The number of ether oxygens (including phenoxy) is 1. The summed E-state index contributed by atoms with van der Waals surface area (Å²) in [6.45, 7) is 6.41. The molecule has 1 unspecified atom stereocenters. The van der Waals surface area contributed by atoms with Crippen molar-refractivity contribution < 1.29 is 9.84 Å². The zero-order valence-corrected chi connectivity index (χ0v) is 10.1. The molecule has 4 heteroatoms. The molecule has 0 saturated heterocycles. The fourth-order valence-electron chi connectivity index (χ4n) is 1.34. The molecule has 13 heavy (non-hydrogen) atoms. The monoisotopic (exact) mass is 222 g/mol. The van der Waals surface area contributed by atoms with Crippen molar-refractivity contribution in [2.75, 3.05) is 6.61 Å². The highest BCUT2D eigenvalue weighted by Gasteiger charge is 2.21. The van der Waals surface area contributed by atoms with Gasteiger partial charge in [-0.1, -0.05) is 26.5 Å². The highest BCUT2D eigenvalue weighted by Crippen LogP contribution is 2.19. The van der Waals surface area contributed by atoms with Crippen LogP contribution in [-0.2, 0) is 4.74 Å². The fourth-order valence-corrected chi connectivity index (χ4v) is 1.51. The van der Waals surface area contributed by atoms with E-state index >= 15 is 0 Å². The van der Waals surface area contributed by atoms with E-state index in [1.165, 1.54) is 0 Å². The minimum Gasteiger partial charge on any atom is -0.479 e. The average molecular weight is 222 g/mol. The minimum atomic E-state index is -0.660. The second-order valence-corrected chi connectivity index (χ2v) is 5.04. The summed E-state index contributed by atoms with van der Waals surface area (Å²) in [5, 5.41) is 9.85. The first-order chi connectivity index (χ1) is 5.83. The average Bonchev–Trinajstić information content (AvgIpc) is 1.81. The van der Waals surface area contributed by atoms with Crippen LogP contribution in [0.15, 0.2) is 0 Å². The maximum atomic E-state index is 9.85. The maximum Gasteiger partial charge on any atom is 0.216 e. The number of hydrogen-bond donors (Lipinski definition) is 2. The van der Waals surface area contributed by atoms with E-state index in [0.29, 0.717) is 18.9 Å². The van der Waals surface area contributed by atoms with Gasteiger partial charge in [-0.25, -0.2) is 0 Å². The lowest BCUT2D eigenvalue weighted by Gasteiger charge is -2.24. The van der Waals surface area contributed by atoms with Gasteiger partial charge in [0.1, 0.15) is 0 Å². The quantitative estimate of drug-likeness (QED) is 0.553. The molecule has 0 aliphatic rings. The molecule has 1 atom stereocenters. The highest BCUT2D eigenvalue weighted by molar-refractivity contribution is 8.10.